The largest absolute Gasteiger partial charge is 0.370 e. The van der Waals surface area contributed by atoms with Crippen molar-refractivity contribution in [2.45, 2.75) is 6.92 Å². The van der Waals surface area contributed by atoms with E-state index >= 15 is 0 Å². The Morgan fingerprint density at radius 3 is 2.74 bits per heavy atom. The van der Waals surface area contributed by atoms with Crippen molar-refractivity contribution in [2.75, 3.05) is 11.9 Å². The third-order valence-electron chi connectivity index (χ3n) is 2.74. The Kier molecular flexibility index (Phi) is 3.36. The average molecular weight is 290 g/mol. The lowest BCUT2D eigenvalue weighted by Gasteiger charge is -2.08. The highest BCUT2D eigenvalue weighted by Gasteiger charge is 2.10. The molecule has 0 saturated carbocycles. The van der Waals surface area contributed by atoms with Gasteiger partial charge in [-0.1, -0.05) is 23.7 Å². The minimum absolute atomic E-state index is 0.714. The molecule has 3 rings (SSSR count). The maximum absolute atomic E-state index is 5.98. The van der Waals surface area contributed by atoms with Crippen LogP contribution in [0, 0.1) is 0 Å². The lowest BCUT2D eigenvalue weighted by Crippen LogP contribution is -2.02. The van der Waals surface area contributed by atoms with Crippen molar-refractivity contribution < 1.29 is 0 Å². The molecule has 1 aromatic carbocycles. The van der Waals surface area contributed by atoms with Gasteiger partial charge in [-0.15, -0.1) is 11.3 Å². The van der Waals surface area contributed by atoms with E-state index in [1.807, 2.05) is 36.4 Å². The van der Waals surface area contributed by atoms with Crippen LogP contribution in [-0.4, -0.2) is 16.5 Å². The molecular weight excluding hydrogens is 278 g/mol. The minimum atomic E-state index is 0.714. The molecule has 0 aliphatic rings. The van der Waals surface area contributed by atoms with Gasteiger partial charge < -0.3 is 5.32 Å². The second-order valence-electron chi connectivity index (χ2n) is 4.05. The van der Waals surface area contributed by atoms with E-state index in [4.69, 9.17) is 11.6 Å². The highest BCUT2D eigenvalue weighted by molar-refractivity contribution is 7.19. The summed E-state index contributed by atoms with van der Waals surface area (Å²) in [6.07, 6.45) is 0. The van der Waals surface area contributed by atoms with Crippen LogP contribution in [0.25, 0.3) is 21.6 Å². The first-order chi connectivity index (χ1) is 9.28. The summed E-state index contributed by atoms with van der Waals surface area (Å²) in [6.45, 7) is 2.88. The van der Waals surface area contributed by atoms with Gasteiger partial charge in [0.2, 0.25) is 0 Å². The van der Waals surface area contributed by atoms with Crippen molar-refractivity contribution >= 4 is 39.7 Å². The summed E-state index contributed by atoms with van der Waals surface area (Å²) in [4.78, 5) is 10.2. The SMILES string of the molecule is CCNc1nc(-c2ccc(Cl)s2)nc2ccccc12. The molecule has 2 aromatic heterocycles. The van der Waals surface area contributed by atoms with Gasteiger partial charge in [-0.25, -0.2) is 9.97 Å². The number of halogens is 1. The Bertz CT molecular complexity index is 724. The molecule has 19 heavy (non-hydrogen) atoms. The van der Waals surface area contributed by atoms with E-state index in [9.17, 15) is 0 Å². The lowest BCUT2D eigenvalue weighted by molar-refractivity contribution is 1.15. The number of benzene rings is 1. The molecule has 0 unspecified atom stereocenters. The number of hydrogen-bond donors (Lipinski definition) is 1. The van der Waals surface area contributed by atoms with Gasteiger partial charge in [0.1, 0.15) is 5.82 Å². The monoisotopic (exact) mass is 289 g/mol. The van der Waals surface area contributed by atoms with Gasteiger partial charge in [0.15, 0.2) is 5.82 Å². The maximum atomic E-state index is 5.98. The van der Waals surface area contributed by atoms with Crippen molar-refractivity contribution in [2.24, 2.45) is 0 Å². The maximum Gasteiger partial charge on any atom is 0.172 e. The summed E-state index contributed by atoms with van der Waals surface area (Å²) >= 11 is 7.47. The quantitative estimate of drug-likeness (QED) is 0.774. The van der Waals surface area contributed by atoms with Gasteiger partial charge in [-0.2, -0.15) is 0 Å². The van der Waals surface area contributed by atoms with Crippen LogP contribution < -0.4 is 5.32 Å². The number of nitrogens with one attached hydrogen (secondary N) is 1. The first-order valence-corrected chi connectivity index (χ1v) is 7.23. The van der Waals surface area contributed by atoms with E-state index in [1.54, 1.807) is 0 Å². The first kappa shape index (κ1) is 12.4. The zero-order chi connectivity index (χ0) is 13.2. The summed E-state index contributed by atoms with van der Waals surface area (Å²) in [5, 5.41) is 4.33. The summed E-state index contributed by atoms with van der Waals surface area (Å²) in [7, 11) is 0. The van der Waals surface area contributed by atoms with Gasteiger partial charge in [0.05, 0.1) is 14.7 Å². The van der Waals surface area contributed by atoms with Crippen molar-refractivity contribution in [3.63, 3.8) is 0 Å². The molecular formula is C14H12ClN3S. The number of rotatable bonds is 3. The molecule has 0 aliphatic carbocycles. The second-order valence-corrected chi connectivity index (χ2v) is 5.76. The summed E-state index contributed by atoms with van der Waals surface area (Å²) < 4.78 is 0.747. The molecule has 3 aromatic rings. The molecule has 96 valence electrons. The second kappa shape index (κ2) is 5.15. The number of thiophene rings is 1. The third-order valence-corrected chi connectivity index (χ3v) is 3.97. The predicted molar refractivity (Wildman–Crippen MR) is 82.0 cm³/mol. The van der Waals surface area contributed by atoms with Gasteiger partial charge in [-0.3, -0.25) is 0 Å². The molecule has 5 heteroatoms. The normalized spacial score (nSPS) is 10.8. The van der Waals surface area contributed by atoms with Crippen LogP contribution in [0.15, 0.2) is 36.4 Å². The van der Waals surface area contributed by atoms with Crippen LogP contribution in [0.2, 0.25) is 4.34 Å². The zero-order valence-corrected chi connectivity index (χ0v) is 11.9. The number of hydrogen-bond acceptors (Lipinski definition) is 4. The van der Waals surface area contributed by atoms with Crippen molar-refractivity contribution in [3.8, 4) is 10.7 Å². The van der Waals surface area contributed by atoms with Gasteiger partial charge in [0, 0.05) is 11.9 Å². The summed E-state index contributed by atoms with van der Waals surface area (Å²) in [6, 6.07) is 11.8. The topological polar surface area (TPSA) is 37.8 Å². The molecule has 1 N–H and O–H groups in total. The van der Waals surface area contributed by atoms with Gasteiger partial charge >= 0.3 is 0 Å². The van der Waals surface area contributed by atoms with E-state index in [0.29, 0.717) is 5.82 Å². The Morgan fingerprint density at radius 1 is 1.16 bits per heavy atom. The molecule has 0 atom stereocenters. The number of nitrogens with zero attached hydrogens (tertiary/aromatic N) is 2. The van der Waals surface area contributed by atoms with E-state index in [2.05, 4.69) is 22.2 Å². The van der Waals surface area contributed by atoms with Crippen LogP contribution in [-0.2, 0) is 0 Å². The third kappa shape index (κ3) is 2.41. The fraction of sp³-hybridized carbons (Fsp3) is 0.143. The first-order valence-electron chi connectivity index (χ1n) is 6.04. The average Bonchev–Trinajstić information content (AvgIpc) is 2.86. The highest BCUT2D eigenvalue weighted by atomic mass is 35.5. The van der Waals surface area contributed by atoms with Gasteiger partial charge in [0.25, 0.3) is 0 Å². The molecule has 0 spiro atoms. The predicted octanol–water partition coefficient (Wildman–Crippen LogP) is 4.44. The van der Waals surface area contributed by atoms with Crippen LogP contribution in [0.3, 0.4) is 0 Å². The number of anilines is 1. The number of aromatic nitrogens is 2. The molecule has 2 heterocycles. The fourth-order valence-corrected chi connectivity index (χ4v) is 2.90. The smallest absolute Gasteiger partial charge is 0.172 e. The molecule has 0 radical (unpaired) electrons. The molecule has 0 fully saturated rings. The Morgan fingerprint density at radius 2 is 2.00 bits per heavy atom. The molecule has 0 saturated heterocycles. The van der Waals surface area contributed by atoms with Crippen molar-refractivity contribution in [1.82, 2.24) is 9.97 Å². The zero-order valence-electron chi connectivity index (χ0n) is 10.4. The van der Waals surface area contributed by atoms with Crippen molar-refractivity contribution in [3.05, 3.63) is 40.7 Å². The van der Waals surface area contributed by atoms with Gasteiger partial charge in [-0.05, 0) is 31.2 Å². The summed E-state index contributed by atoms with van der Waals surface area (Å²) in [5.41, 5.74) is 0.938. The van der Waals surface area contributed by atoms with Crippen LogP contribution >= 0.6 is 22.9 Å². The minimum Gasteiger partial charge on any atom is -0.370 e. The fourth-order valence-electron chi connectivity index (χ4n) is 1.92. The Balaban J connectivity index is 2.21. The van der Waals surface area contributed by atoms with E-state index < -0.39 is 0 Å². The van der Waals surface area contributed by atoms with E-state index in [-0.39, 0.29) is 0 Å². The van der Waals surface area contributed by atoms with Crippen LogP contribution in [0.4, 0.5) is 5.82 Å². The van der Waals surface area contributed by atoms with E-state index in [1.165, 1.54) is 11.3 Å². The molecule has 0 amide bonds. The summed E-state index contributed by atoms with van der Waals surface area (Å²) in [5.74, 6) is 1.58. The standard InChI is InChI=1S/C14H12ClN3S/c1-2-16-13-9-5-3-4-6-10(9)17-14(18-13)11-7-8-12(15)19-11/h3-8H,2H2,1H3,(H,16,17,18). The van der Waals surface area contributed by atoms with Crippen LogP contribution in [0.5, 0.6) is 0 Å². The number of para-hydroxylation sites is 1. The van der Waals surface area contributed by atoms with E-state index in [0.717, 1.165) is 32.5 Å². The Hall–Kier alpha value is -1.65. The van der Waals surface area contributed by atoms with Crippen LogP contribution in [0.1, 0.15) is 6.92 Å². The molecule has 0 bridgehead atoms. The Labute approximate surface area is 120 Å². The molecule has 0 aliphatic heterocycles. The highest BCUT2D eigenvalue weighted by Crippen LogP contribution is 2.31. The number of fused-ring (bicyclic) bond motifs is 1. The van der Waals surface area contributed by atoms with Crippen molar-refractivity contribution in [1.29, 1.82) is 0 Å². The molecule has 3 nitrogen and oxygen atoms in total. The lowest BCUT2D eigenvalue weighted by atomic mass is 10.2.